The topological polar surface area (TPSA) is 99.1 Å². The fourth-order valence-electron chi connectivity index (χ4n) is 3.95. The standard InChI is InChI=1S/C26H31IN2O5/c1-3-24(31)29(16-18-10-8-17(2)9-11-18)21-14-19(26(33)28-12-13-30)15-23(25(21)32)34-22-7-5-4-6-20(22)27/h4-11,15,21,23,25,30,32H,3,12-14,16H2,1-2H3,(H,28,33). The third kappa shape index (κ3) is 6.58. The summed E-state index contributed by atoms with van der Waals surface area (Å²) in [6.07, 6.45) is 0.215. The van der Waals surface area contributed by atoms with Crippen molar-refractivity contribution in [3.63, 3.8) is 0 Å². The lowest BCUT2D eigenvalue weighted by atomic mass is 9.87. The minimum absolute atomic E-state index is 0.116. The summed E-state index contributed by atoms with van der Waals surface area (Å²) >= 11 is 2.15. The minimum atomic E-state index is -1.04. The van der Waals surface area contributed by atoms with Gasteiger partial charge in [0, 0.05) is 31.5 Å². The molecule has 7 nitrogen and oxygen atoms in total. The maximum atomic E-state index is 13.0. The molecule has 2 amide bonds. The van der Waals surface area contributed by atoms with Crippen molar-refractivity contribution < 1.29 is 24.5 Å². The first-order valence-corrected chi connectivity index (χ1v) is 12.5. The molecule has 0 saturated carbocycles. The van der Waals surface area contributed by atoms with Gasteiger partial charge in [-0.15, -0.1) is 0 Å². The van der Waals surface area contributed by atoms with Crippen molar-refractivity contribution >= 4 is 34.4 Å². The lowest BCUT2D eigenvalue weighted by Crippen LogP contribution is -2.54. The van der Waals surface area contributed by atoms with Crippen LogP contribution in [0.2, 0.25) is 0 Å². The Hall–Kier alpha value is -2.43. The van der Waals surface area contributed by atoms with Crippen molar-refractivity contribution in [2.24, 2.45) is 0 Å². The smallest absolute Gasteiger partial charge is 0.247 e. The van der Waals surface area contributed by atoms with Gasteiger partial charge in [0.25, 0.3) is 0 Å². The number of para-hydroxylation sites is 1. The van der Waals surface area contributed by atoms with Gasteiger partial charge in [-0.3, -0.25) is 9.59 Å². The summed E-state index contributed by atoms with van der Waals surface area (Å²) in [6.45, 7) is 4.03. The summed E-state index contributed by atoms with van der Waals surface area (Å²) in [7, 11) is 0. The van der Waals surface area contributed by atoms with E-state index in [4.69, 9.17) is 9.84 Å². The molecule has 0 aromatic heterocycles. The van der Waals surface area contributed by atoms with E-state index < -0.39 is 18.2 Å². The maximum absolute atomic E-state index is 13.0. The number of aryl methyl sites for hydroxylation is 1. The Balaban J connectivity index is 1.95. The summed E-state index contributed by atoms with van der Waals surface area (Å²) in [5.74, 6) is 0.127. The number of carbonyl (C=O) groups excluding carboxylic acids is 2. The van der Waals surface area contributed by atoms with Crippen LogP contribution in [0.3, 0.4) is 0 Å². The fraction of sp³-hybridized carbons (Fsp3) is 0.385. The third-order valence-corrected chi connectivity index (χ3v) is 6.70. The summed E-state index contributed by atoms with van der Waals surface area (Å²) in [5.41, 5.74) is 2.47. The molecule has 0 fully saturated rings. The first-order chi connectivity index (χ1) is 16.3. The number of rotatable bonds is 9. The average molecular weight is 578 g/mol. The average Bonchev–Trinajstić information content (AvgIpc) is 2.84. The van der Waals surface area contributed by atoms with E-state index in [9.17, 15) is 14.7 Å². The molecule has 0 saturated heterocycles. The number of benzene rings is 2. The Bertz CT molecular complexity index is 1020. The van der Waals surface area contributed by atoms with Gasteiger partial charge in [0.2, 0.25) is 11.8 Å². The first kappa shape index (κ1) is 26.2. The molecule has 0 aliphatic heterocycles. The minimum Gasteiger partial charge on any atom is -0.482 e. The molecule has 1 aliphatic carbocycles. The Morgan fingerprint density at radius 1 is 1.18 bits per heavy atom. The second-order valence-corrected chi connectivity index (χ2v) is 9.47. The zero-order chi connectivity index (χ0) is 24.7. The fourth-order valence-corrected chi connectivity index (χ4v) is 4.46. The number of aliphatic hydroxyl groups excluding tert-OH is 2. The molecule has 2 aromatic rings. The van der Waals surface area contributed by atoms with Crippen LogP contribution in [-0.4, -0.2) is 58.3 Å². The number of amides is 2. The van der Waals surface area contributed by atoms with Gasteiger partial charge in [0.1, 0.15) is 18.0 Å². The Morgan fingerprint density at radius 3 is 2.53 bits per heavy atom. The number of nitrogens with one attached hydrogen (secondary N) is 1. The Kier molecular flexibility index (Phi) is 9.49. The monoisotopic (exact) mass is 578 g/mol. The molecule has 3 N–H and O–H groups in total. The van der Waals surface area contributed by atoms with Crippen molar-refractivity contribution in [2.45, 2.75) is 51.5 Å². The van der Waals surface area contributed by atoms with Gasteiger partial charge in [0.15, 0.2) is 0 Å². The lowest BCUT2D eigenvalue weighted by molar-refractivity contribution is -0.139. The predicted molar refractivity (Wildman–Crippen MR) is 138 cm³/mol. The van der Waals surface area contributed by atoms with Crippen LogP contribution >= 0.6 is 22.6 Å². The largest absolute Gasteiger partial charge is 0.482 e. The molecule has 3 unspecified atom stereocenters. The molecule has 0 radical (unpaired) electrons. The van der Waals surface area contributed by atoms with E-state index in [1.165, 1.54) is 0 Å². The lowest BCUT2D eigenvalue weighted by Gasteiger charge is -2.40. The number of carbonyl (C=O) groups is 2. The molecule has 2 aromatic carbocycles. The third-order valence-electron chi connectivity index (χ3n) is 5.81. The van der Waals surface area contributed by atoms with Gasteiger partial charge >= 0.3 is 0 Å². The SMILES string of the molecule is CCC(=O)N(Cc1ccc(C)cc1)C1CC(C(=O)NCCO)=CC(Oc2ccccc2I)C1O. The van der Waals surface area contributed by atoms with Crippen molar-refractivity contribution in [3.05, 3.63) is 74.9 Å². The van der Waals surface area contributed by atoms with E-state index >= 15 is 0 Å². The highest BCUT2D eigenvalue weighted by Gasteiger charge is 2.40. The van der Waals surface area contributed by atoms with Gasteiger partial charge in [-0.25, -0.2) is 0 Å². The van der Waals surface area contributed by atoms with E-state index in [0.29, 0.717) is 17.9 Å². The van der Waals surface area contributed by atoms with Crippen LogP contribution in [0.5, 0.6) is 5.75 Å². The molecule has 182 valence electrons. The van der Waals surface area contributed by atoms with Crippen molar-refractivity contribution in [1.29, 1.82) is 0 Å². The van der Waals surface area contributed by atoms with Crippen LogP contribution in [0.25, 0.3) is 0 Å². The summed E-state index contributed by atoms with van der Waals surface area (Å²) in [5, 5.41) is 23.1. The molecule has 3 atom stereocenters. The number of nitrogens with zero attached hydrogens (tertiary/aromatic N) is 1. The van der Waals surface area contributed by atoms with Crippen LogP contribution in [0.4, 0.5) is 0 Å². The molecule has 34 heavy (non-hydrogen) atoms. The molecule has 3 rings (SSSR count). The molecule has 8 heteroatoms. The number of hydrogen-bond donors (Lipinski definition) is 3. The van der Waals surface area contributed by atoms with Crippen LogP contribution < -0.4 is 10.1 Å². The summed E-state index contributed by atoms with van der Waals surface area (Å²) in [4.78, 5) is 27.5. The van der Waals surface area contributed by atoms with Crippen LogP contribution in [0.15, 0.2) is 60.2 Å². The summed E-state index contributed by atoms with van der Waals surface area (Å²) < 4.78 is 7.01. The van der Waals surface area contributed by atoms with Gasteiger partial charge in [0.05, 0.1) is 16.2 Å². The van der Waals surface area contributed by atoms with Gasteiger partial charge in [-0.05, 0) is 53.3 Å². The number of aliphatic hydroxyl groups is 2. The van der Waals surface area contributed by atoms with Crippen molar-refractivity contribution in [1.82, 2.24) is 10.2 Å². The Labute approximate surface area is 213 Å². The van der Waals surface area contributed by atoms with E-state index in [2.05, 4.69) is 27.9 Å². The van der Waals surface area contributed by atoms with E-state index in [0.717, 1.165) is 14.7 Å². The highest BCUT2D eigenvalue weighted by atomic mass is 127. The molecular weight excluding hydrogens is 547 g/mol. The number of halogens is 1. The van der Waals surface area contributed by atoms with Crippen molar-refractivity contribution in [2.75, 3.05) is 13.2 Å². The normalized spacial score (nSPS) is 19.8. The van der Waals surface area contributed by atoms with E-state index in [1.807, 2.05) is 49.4 Å². The predicted octanol–water partition coefficient (Wildman–Crippen LogP) is 2.95. The number of ether oxygens (including phenoxy) is 1. The van der Waals surface area contributed by atoms with Gasteiger partial charge in [-0.1, -0.05) is 48.9 Å². The molecule has 1 aliphatic rings. The summed E-state index contributed by atoms with van der Waals surface area (Å²) in [6, 6.07) is 14.7. The van der Waals surface area contributed by atoms with Crippen LogP contribution in [-0.2, 0) is 16.1 Å². The maximum Gasteiger partial charge on any atom is 0.247 e. The van der Waals surface area contributed by atoms with Gasteiger partial charge in [-0.2, -0.15) is 0 Å². The zero-order valence-corrected chi connectivity index (χ0v) is 21.6. The highest BCUT2D eigenvalue weighted by Crippen LogP contribution is 2.30. The first-order valence-electron chi connectivity index (χ1n) is 11.4. The highest BCUT2D eigenvalue weighted by molar-refractivity contribution is 14.1. The molecule has 0 spiro atoms. The number of hydrogen-bond acceptors (Lipinski definition) is 5. The van der Waals surface area contributed by atoms with Crippen LogP contribution in [0.1, 0.15) is 30.9 Å². The second kappa shape index (κ2) is 12.3. The van der Waals surface area contributed by atoms with Gasteiger partial charge < -0.3 is 25.2 Å². The van der Waals surface area contributed by atoms with E-state index in [-0.39, 0.29) is 37.8 Å². The van der Waals surface area contributed by atoms with Crippen molar-refractivity contribution in [3.8, 4) is 5.75 Å². The molecule has 0 heterocycles. The van der Waals surface area contributed by atoms with Crippen LogP contribution in [0, 0.1) is 10.5 Å². The molecular formula is C26H31IN2O5. The quantitative estimate of drug-likeness (QED) is 0.398. The van der Waals surface area contributed by atoms with E-state index in [1.54, 1.807) is 24.0 Å². The molecule has 0 bridgehead atoms. The second-order valence-electron chi connectivity index (χ2n) is 8.31. The zero-order valence-electron chi connectivity index (χ0n) is 19.4. The Morgan fingerprint density at radius 2 is 1.88 bits per heavy atom.